The smallest absolute Gasteiger partial charge is 0.243 e. The second kappa shape index (κ2) is 6.75. The minimum atomic E-state index is -4.20. The van der Waals surface area contributed by atoms with Crippen molar-refractivity contribution >= 4 is 22.4 Å². The van der Waals surface area contributed by atoms with Gasteiger partial charge >= 0.3 is 0 Å². The van der Waals surface area contributed by atoms with Crippen LogP contribution in [0, 0.1) is 17.5 Å². The second-order valence-corrected chi connectivity index (χ2v) is 6.04. The summed E-state index contributed by atoms with van der Waals surface area (Å²) in [5.41, 5.74) is 0. The van der Waals surface area contributed by atoms with Crippen LogP contribution in [0.1, 0.15) is 12.8 Å². The standard InChI is InChI=1S/C11H13F3N2O2S.ClH/c12-8-4-10(14)11(5-9(8)13)19(17,18)16-7-2-1-3-15-6-7;/h4-5,7,15-16H,1-3,6H2;1H. The van der Waals surface area contributed by atoms with Gasteiger partial charge in [-0.15, -0.1) is 12.4 Å². The molecule has 1 fully saturated rings. The molecule has 1 aliphatic rings. The van der Waals surface area contributed by atoms with Crippen LogP contribution in [0.25, 0.3) is 0 Å². The number of sulfonamides is 1. The van der Waals surface area contributed by atoms with Gasteiger partial charge in [-0.25, -0.2) is 26.3 Å². The first-order valence-electron chi connectivity index (χ1n) is 5.78. The molecule has 20 heavy (non-hydrogen) atoms. The molecule has 114 valence electrons. The SMILES string of the molecule is Cl.O=S(=O)(NC1CCCNC1)c1cc(F)c(F)cc1F. The average molecular weight is 331 g/mol. The number of rotatable bonds is 3. The van der Waals surface area contributed by atoms with Gasteiger partial charge in [0, 0.05) is 18.7 Å². The zero-order chi connectivity index (χ0) is 14.0. The summed E-state index contributed by atoms with van der Waals surface area (Å²) in [6, 6.07) is 0.193. The Bertz CT molecular complexity index is 577. The van der Waals surface area contributed by atoms with Crippen molar-refractivity contribution in [2.45, 2.75) is 23.8 Å². The second-order valence-electron chi connectivity index (χ2n) is 4.36. The van der Waals surface area contributed by atoms with Gasteiger partial charge in [0.15, 0.2) is 11.6 Å². The first kappa shape index (κ1) is 17.2. The van der Waals surface area contributed by atoms with Crippen molar-refractivity contribution in [3.63, 3.8) is 0 Å². The average Bonchev–Trinajstić information content (AvgIpc) is 2.34. The predicted octanol–water partition coefficient (Wildman–Crippen LogP) is 1.56. The molecule has 1 aliphatic heterocycles. The summed E-state index contributed by atoms with van der Waals surface area (Å²) < 4.78 is 65.3. The molecule has 1 aromatic rings. The summed E-state index contributed by atoms with van der Waals surface area (Å²) in [6.07, 6.45) is 1.39. The predicted molar refractivity (Wildman–Crippen MR) is 69.8 cm³/mol. The minimum Gasteiger partial charge on any atom is -0.315 e. The van der Waals surface area contributed by atoms with E-state index in [1.807, 2.05) is 0 Å². The third kappa shape index (κ3) is 3.85. The van der Waals surface area contributed by atoms with E-state index in [1.165, 1.54) is 0 Å². The van der Waals surface area contributed by atoms with Crippen molar-refractivity contribution in [2.24, 2.45) is 0 Å². The Kier molecular flexibility index (Phi) is 5.81. The topological polar surface area (TPSA) is 58.2 Å². The highest BCUT2D eigenvalue weighted by molar-refractivity contribution is 7.89. The molecule has 0 saturated carbocycles. The van der Waals surface area contributed by atoms with Crippen molar-refractivity contribution in [2.75, 3.05) is 13.1 Å². The first-order valence-corrected chi connectivity index (χ1v) is 7.26. The van der Waals surface area contributed by atoms with Crippen LogP contribution in [-0.4, -0.2) is 27.5 Å². The molecule has 1 heterocycles. The van der Waals surface area contributed by atoms with Crippen molar-refractivity contribution in [3.8, 4) is 0 Å². The quantitative estimate of drug-likeness (QED) is 0.827. The summed E-state index contributed by atoms with van der Waals surface area (Å²) in [5.74, 6) is -4.13. The number of piperidine rings is 1. The molecule has 4 nitrogen and oxygen atoms in total. The van der Waals surface area contributed by atoms with E-state index in [9.17, 15) is 21.6 Å². The van der Waals surface area contributed by atoms with Gasteiger partial charge in [-0.3, -0.25) is 0 Å². The van der Waals surface area contributed by atoms with E-state index < -0.39 is 32.4 Å². The highest BCUT2D eigenvalue weighted by Gasteiger charge is 2.26. The van der Waals surface area contributed by atoms with Crippen molar-refractivity contribution in [1.29, 1.82) is 0 Å². The van der Waals surface area contributed by atoms with Crippen LogP contribution in [0.2, 0.25) is 0 Å². The fraction of sp³-hybridized carbons (Fsp3) is 0.455. The summed E-state index contributed by atoms with van der Waals surface area (Å²) in [6.45, 7) is 1.21. The third-order valence-electron chi connectivity index (χ3n) is 2.88. The van der Waals surface area contributed by atoms with Crippen LogP contribution in [0.15, 0.2) is 17.0 Å². The molecule has 1 atom stereocenters. The van der Waals surface area contributed by atoms with Crippen LogP contribution in [-0.2, 0) is 10.0 Å². The highest BCUT2D eigenvalue weighted by atomic mass is 35.5. The van der Waals surface area contributed by atoms with Crippen LogP contribution in [0.4, 0.5) is 13.2 Å². The molecule has 2 rings (SSSR count). The van der Waals surface area contributed by atoms with Crippen molar-refractivity contribution < 1.29 is 21.6 Å². The molecule has 0 amide bonds. The van der Waals surface area contributed by atoms with Gasteiger partial charge in [0.25, 0.3) is 0 Å². The molecule has 1 aromatic carbocycles. The van der Waals surface area contributed by atoms with E-state index in [0.29, 0.717) is 19.0 Å². The van der Waals surface area contributed by atoms with Crippen LogP contribution < -0.4 is 10.0 Å². The van der Waals surface area contributed by atoms with Gasteiger partial charge in [-0.1, -0.05) is 0 Å². The number of hydrogen-bond donors (Lipinski definition) is 2. The molecular formula is C11H14ClF3N2O2S. The van der Waals surface area contributed by atoms with E-state index in [2.05, 4.69) is 10.0 Å². The van der Waals surface area contributed by atoms with E-state index in [4.69, 9.17) is 0 Å². The fourth-order valence-corrected chi connectivity index (χ4v) is 3.29. The third-order valence-corrected chi connectivity index (χ3v) is 4.42. The van der Waals surface area contributed by atoms with Crippen LogP contribution in [0.3, 0.4) is 0 Å². The Morgan fingerprint density at radius 1 is 1.15 bits per heavy atom. The van der Waals surface area contributed by atoms with Gasteiger partial charge in [0.2, 0.25) is 10.0 Å². The van der Waals surface area contributed by atoms with Crippen molar-refractivity contribution in [3.05, 3.63) is 29.6 Å². The lowest BCUT2D eigenvalue weighted by Crippen LogP contribution is -2.45. The number of halogens is 4. The minimum absolute atomic E-state index is 0. The Morgan fingerprint density at radius 3 is 2.40 bits per heavy atom. The summed E-state index contributed by atoms with van der Waals surface area (Å²) >= 11 is 0. The van der Waals surface area contributed by atoms with Gasteiger partial charge < -0.3 is 5.32 Å². The van der Waals surface area contributed by atoms with Gasteiger partial charge in [0.1, 0.15) is 10.7 Å². The molecule has 0 aromatic heterocycles. The molecule has 1 unspecified atom stereocenters. The number of nitrogens with one attached hydrogen (secondary N) is 2. The van der Waals surface area contributed by atoms with Crippen LogP contribution >= 0.6 is 12.4 Å². The highest BCUT2D eigenvalue weighted by Crippen LogP contribution is 2.19. The molecule has 0 spiro atoms. The molecule has 2 N–H and O–H groups in total. The zero-order valence-corrected chi connectivity index (χ0v) is 12.0. The summed E-state index contributed by atoms with van der Waals surface area (Å²) in [4.78, 5) is -0.878. The Balaban J connectivity index is 0.00000200. The van der Waals surface area contributed by atoms with Crippen LogP contribution in [0.5, 0.6) is 0 Å². The summed E-state index contributed by atoms with van der Waals surface area (Å²) in [7, 11) is -4.20. The fourth-order valence-electron chi connectivity index (χ4n) is 1.95. The number of benzene rings is 1. The summed E-state index contributed by atoms with van der Waals surface area (Å²) in [5, 5.41) is 2.99. The molecular weight excluding hydrogens is 317 g/mol. The maximum Gasteiger partial charge on any atom is 0.243 e. The Hall–Kier alpha value is -0.830. The van der Waals surface area contributed by atoms with E-state index in [0.717, 1.165) is 13.0 Å². The molecule has 0 radical (unpaired) electrons. The maximum absolute atomic E-state index is 13.4. The lowest BCUT2D eigenvalue weighted by molar-refractivity contribution is 0.426. The maximum atomic E-state index is 13.4. The van der Waals surface area contributed by atoms with Gasteiger partial charge in [0.05, 0.1) is 0 Å². The molecule has 0 bridgehead atoms. The van der Waals surface area contributed by atoms with E-state index in [1.54, 1.807) is 0 Å². The normalized spacial score (nSPS) is 19.4. The van der Waals surface area contributed by atoms with E-state index >= 15 is 0 Å². The molecule has 9 heteroatoms. The Labute approximate surface area is 121 Å². The largest absolute Gasteiger partial charge is 0.315 e. The van der Waals surface area contributed by atoms with Crippen molar-refractivity contribution in [1.82, 2.24) is 10.0 Å². The van der Waals surface area contributed by atoms with Gasteiger partial charge in [-0.2, -0.15) is 0 Å². The van der Waals surface area contributed by atoms with Gasteiger partial charge in [-0.05, 0) is 25.5 Å². The first-order chi connectivity index (χ1) is 8.90. The monoisotopic (exact) mass is 330 g/mol. The zero-order valence-electron chi connectivity index (χ0n) is 10.3. The Morgan fingerprint density at radius 2 is 1.80 bits per heavy atom. The lowest BCUT2D eigenvalue weighted by atomic mass is 10.1. The molecule has 1 saturated heterocycles. The van der Waals surface area contributed by atoms with E-state index in [-0.39, 0.29) is 24.5 Å². The molecule has 0 aliphatic carbocycles. The number of hydrogen-bond acceptors (Lipinski definition) is 3. The lowest BCUT2D eigenvalue weighted by Gasteiger charge is -2.23.